The second kappa shape index (κ2) is 8.43. The predicted octanol–water partition coefficient (Wildman–Crippen LogP) is 3.12. The molecule has 0 N–H and O–H groups in total. The van der Waals surface area contributed by atoms with Crippen molar-refractivity contribution in [2.24, 2.45) is 7.05 Å². The molecule has 7 nitrogen and oxygen atoms in total. The molecule has 0 spiro atoms. The van der Waals surface area contributed by atoms with Crippen LogP contribution in [0.4, 0.5) is 0 Å². The monoisotopic (exact) mass is 440 g/mol. The summed E-state index contributed by atoms with van der Waals surface area (Å²) >= 11 is 0. The van der Waals surface area contributed by atoms with Gasteiger partial charge in [0.05, 0.1) is 22.0 Å². The SMILES string of the molecule is CN(C)S(=O)(=O)c1ccc2c(c1)nc(CCC(=O)N1CCCC1c1ccccc1)n2C. The van der Waals surface area contributed by atoms with Crippen LogP contribution in [0.15, 0.2) is 53.4 Å². The lowest BCUT2D eigenvalue weighted by Crippen LogP contribution is -2.30. The van der Waals surface area contributed by atoms with Crippen LogP contribution in [-0.4, -0.2) is 53.7 Å². The average Bonchev–Trinajstić information content (AvgIpc) is 3.37. The predicted molar refractivity (Wildman–Crippen MR) is 120 cm³/mol. The average molecular weight is 441 g/mol. The van der Waals surface area contributed by atoms with Crippen molar-refractivity contribution in [2.45, 2.75) is 36.6 Å². The minimum atomic E-state index is -3.52. The topological polar surface area (TPSA) is 75.5 Å². The number of amides is 1. The van der Waals surface area contributed by atoms with Gasteiger partial charge in [0.15, 0.2) is 0 Å². The molecule has 1 saturated heterocycles. The summed E-state index contributed by atoms with van der Waals surface area (Å²) in [6.07, 6.45) is 2.90. The third-order valence-corrected chi connectivity index (χ3v) is 7.85. The Bertz CT molecular complexity index is 1200. The maximum absolute atomic E-state index is 13.0. The van der Waals surface area contributed by atoms with Crippen LogP contribution in [0.5, 0.6) is 0 Å². The number of hydrogen-bond donors (Lipinski definition) is 0. The highest BCUT2D eigenvalue weighted by Crippen LogP contribution is 2.32. The van der Waals surface area contributed by atoms with Gasteiger partial charge in [-0.15, -0.1) is 0 Å². The highest BCUT2D eigenvalue weighted by atomic mass is 32.2. The summed E-state index contributed by atoms with van der Waals surface area (Å²) < 4.78 is 28.0. The minimum absolute atomic E-state index is 0.134. The number of carbonyl (C=O) groups excluding carboxylic acids is 1. The van der Waals surface area contributed by atoms with Crippen molar-refractivity contribution in [2.75, 3.05) is 20.6 Å². The van der Waals surface area contributed by atoms with Gasteiger partial charge in [0, 0.05) is 40.5 Å². The van der Waals surface area contributed by atoms with Crippen LogP contribution in [-0.2, 0) is 28.3 Å². The van der Waals surface area contributed by atoms with Crippen molar-refractivity contribution in [3.8, 4) is 0 Å². The Balaban J connectivity index is 1.51. The zero-order chi connectivity index (χ0) is 22.2. The summed E-state index contributed by atoms with van der Waals surface area (Å²) in [4.78, 5) is 19.8. The number of benzene rings is 2. The van der Waals surface area contributed by atoms with Crippen LogP contribution in [0, 0.1) is 0 Å². The maximum Gasteiger partial charge on any atom is 0.242 e. The van der Waals surface area contributed by atoms with E-state index < -0.39 is 10.0 Å². The van der Waals surface area contributed by atoms with Gasteiger partial charge in [-0.25, -0.2) is 17.7 Å². The molecule has 0 radical (unpaired) electrons. The second-order valence-corrected chi connectivity index (χ2v) is 10.3. The van der Waals surface area contributed by atoms with Gasteiger partial charge in [-0.3, -0.25) is 4.79 Å². The van der Waals surface area contributed by atoms with E-state index in [0.717, 1.165) is 30.7 Å². The quantitative estimate of drug-likeness (QED) is 0.590. The van der Waals surface area contributed by atoms with E-state index >= 15 is 0 Å². The molecule has 1 unspecified atom stereocenters. The van der Waals surface area contributed by atoms with Gasteiger partial charge >= 0.3 is 0 Å². The lowest BCUT2D eigenvalue weighted by molar-refractivity contribution is -0.132. The van der Waals surface area contributed by atoms with E-state index in [0.29, 0.717) is 18.4 Å². The standard InChI is InChI=1S/C23H28N4O3S/c1-25(2)31(29,30)18-11-12-21-19(16-18)24-22(26(21)3)13-14-23(28)27-15-7-10-20(27)17-8-5-4-6-9-17/h4-6,8-9,11-12,16,20H,7,10,13-15H2,1-3H3. The molecular weight excluding hydrogens is 412 g/mol. The number of hydrogen-bond acceptors (Lipinski definition) is 4. The van der Waals surface area contributed by atoms with E-state index in [1.165, 1.54) is 24.0 Å². The first kappa shape index (κ1) is 21.5. The molecule has 0 aliphatic carbocycles. The Kier molecular flexibility index (Phi) is 5.85. The van der Waals surface area contributed by atoms with E-state index in [4.69, 9.17) is 0 Å². The van der Waals surface area contributed by atoms with Gasteiger partial charge in [-0.2, -0.15) is 0 Å². The van der Waals surface area contributed by atoms with E-state index in [2.05, 4.69) is 17.1 Å². The number of likely N-dealkylation sites (tertiary alicyclic amines) is 1. The van der Waals surface area contributed by atoms with Crippen LogP contribution < -0.4 is 0 Å². The Morgan fingerprint density at radius 2 is 1.90 bits per heavy atom. The molecule has 4 rings (SSSR count). The molecule has 8 heteroatoms. The summed E-state index contributed by atoms with van der Waals surface area (Å²) in [5, 5.41) is 0. The van der Waals surface area contributed by atoms with E-state index in [1.54, 1.807) is 18.2 Å². The van der Waals surface area contributed by atoms with Gasteiger partial charge in [0.2, 0.25) is 15.9 Å². The molecule has 1 amide bonds. The van der Waals surface area contributed by atoms with Crippen molar-refractivity contribution in [3.63, 3.8) is 0 Å². The molecule has 1 fully saturated rings. The molecule has 1 aliphatic heterocycles. The Labute approximate surface area is 183 Å². The summed E-state index contributed by atoms with van der Waals surface area (Å²) in [7, 11) is 1.40. The summed E-state index contributed by atoms with van der Waals surface area (Å²) in [5.41, 5.74) is 2.66. The Hall–Kier alpha value is -2.71. The van der Waals surface area contributed by atoms with Crippen molar-refractivity contribution in [3.05, 3.63) is 59.9 Å². The smallest absolute Gasteiger partial charge is 0.242 e. The maximum atomic E-state index is 13.0. The molecule has 1 aromatic heterocycles. The fourth-order valence-electron chi connectivity index (χ4n) is 4.27. The summed E-state index contributed by atoms with van der Waals surface area (Å²) in [5.74, 6) is 0.910. The number of imidazole rings is 1. The molecule has 3 aromatic rings. The molecule has 164 valence electrons. The van der Waals surface area contributed by atoms with Gasteiger partial charge < -0.3 is 9.47 Å². The van der Waals surface area contributed by atoms with Gasteiger partial charge in [0.25, 0.3) is 0 Å². The first-order valence-corrected chi connectivity index (χ1v) is 12.0. The van der Waals surface area contributed by atoms with Crippen LogP contribution in [0.25, 0.3) is 11.0 Å². The number of nitrogens with zero attached hydrogens (tertiary/aromatic N) is 4. The number of aryl methyl sites for hydroxylation is 2. The first-order chi connectivity index (χ1) is 14.8. The third-order valence-electron chi connectivity index (χ3n) is 6.04. The number of aromatic nitrogens is 2. The van der Waals surface area contributed by atoms with Crippen LogP contribution in [0.1, 0.15) is 36.7 Å². The second-order valence-electron chi connectivity index (χ2n) is 8.18. The summed E-state index contributed by atoms with van der Waals surface area (Å²) in [6, 6.07) is 15.3. The molecule has 1 aliphatic rings. The first-order valence-electron chi connectivity index (χ1n) is 10.5. The Morgan fingerprint density at radius 1 is 1.16 bits per heavy atom. The van der Waals surface area contributed by atoms with Gasteiger partial charge in [-0.05, 0) is 36.6 Å². The molecular formula is C23H28N4O3S. The lowest BCUT2D eigenvalue weighted by Gasteiger charge is -2.25. The normalized spacial score (nSPS) is 17.0. The van der Waals surface area contributed by atoms with E-state index in [1.807, 2.05) is 34.7 Å². The lowest BCUT2D eigenvalue weighted by atomic mass is 10.0. The van der Waals surface area contributed by atoms with Crippen LogP contribution in [0.3, 0.4) is 0 Å². The fraction of sp³-hybridized carbons (Fsp3) is 0.391. The largest absolute Gasteiger partial charge is 0.336 e. The van der Waals surface area contributed by atoms with Crippen molar-refractivity contribution in [1.82, 2.24) is 18.8 Å². The molecule has 2 aromatic carbocycles. The third kappa shape index (κ3) is 4.09. The molecule has 0 bridgehead atoms. The van der Waals surface area contributed by atoms with Gasteiger partial charge in [0.1, 0.15) is 5.82 Å². The Morgan fingerprint density at radius 3 is 2.61 bits per heavy atom. The zero-order valence-electron chi connectivity index (χ0n) is 18.2. The van der Waals surface area contributed by atoms with Crippen molar-refractivity contribution >= 4 is 27.0 Å². The zero-order valence-corrected chi connectivity index (χ0v) is 19.0. The molecule has 2 heterocycles. The van der Waals surface area contributed by atoms with E-state index in [9.17, 15) is 13.2 Å². The molecule has 0 saturated carbocycles. The number of rotatable bonds is 6. The van der Waals surface area contributed by atoms with E-state index in [-0.39, 0.29) is 16.8 Å². The molecule has 31 heavy (non-hydrogen) atoms. The minimum Gasteiger partial charge on any atom is -0.336 e. The molecule has 1 atom stereocenters. The number of sulfonamides is 1. The fourth-order valence-corrected chi connectivity index (χ4v) is 5.20. The number of carbonyl (C=O) groups is 1. The van der Waals surface area contributed by atoms with Crippen molar-refractivity contribution < 1.29 is 13.2 Å². The van der Waals surface area contributed by atoms with Crippen LogP contribution in [0.2, 0.25) is 0 Å². The van der Waals surface area contributed by atoms with Crippen LogP contribution >= 0.6 is 0 Å². The highest BCUT2D eigenvalue weighted by Gasteiger charge is 2.29. The van der Waals surface area contributed by atoms with Crippen molar-refractivity contribution in [1.29, 1.82) is 0 Å². The summed E-state index contributed by atoms with van der Waals surface area (Å²) in [6.45, 7) is 0.784. The van der Waals surface area contributed by atoms with Gasteiger partial charge in [-0.1, -0.05) is 30.3 Å². The highest BCUT2D eigenvalue weighted by molar-refractivity contribution is 7.89. The number of fused-ring (bicyclic) bond motifs is 1.